The van der Waals surface area contributed by atoms with E-state index in [1.807, 2.05) is 19.9 Å². The second kappa shape index (κ2) is 13.4. The van der Waals surface area contributed by atoms with Crippen LogP contribution in [0.4, 0.5) is 0 Å². The van der Waals surface area contributed by atoms with Gasteiger partial charge in [0.2, 0.25) is 0 Å². The molecular formula is C27H41NO3. The largest absolute Gasteiger partial charge is 0.498 e. The van der Waals surface area contributed by atoms with E-state index in [2.05, 4.69) is 55.6 Å². The summed E-state index contributed by atoms with van der Waals surface area (Å²) in [5.74, 6) is 2.61. The van der Waals surface area contributed by atoms with Gasteiger partial charge >= 0.3 is 0 Å². The number of aldehydes is 1. The Kier molecular flexibility index (Phi) is 10.9. The first kappa shape index (κ1) is 25.2. The van der Waals surface area contributed by atoms with E-state index in [1.54, 1.807) is 0 Å². The maximum atomic E-state index is 11.4. The quantitative estimate of drug-likeness (QED) is 0.287. The molecule has 4 heteroatoms. The number of ether oxygens (including phenoxy) is 2. The molecule has 0 saturated heterocycles. The summed E-state index contributed by atoms with van der Waals surface area (Å²) in [6, 6.07) is 8.39. The molecule has 0 amide bonds. The van der Waals surface area contributed by atoms with Crippen LogP contribution < -0.4 is 10.1 Å². The zero-order chi connectivity index (χ0) is 22.5. The minimum absolute atomic E-state index is 0.104. The van der Waals surface area contributed by atoms with E-state index in [0.29, 0.717) is 25.6 Å². The van der Waals surface area contributed by atoms with E-state index in [0.717, 1.165) is 56.6 Å². The van der Waals surface area contributed by atoms with Crippen molar-refractivity contribution in [2.75, 3.05) is 26.3 Å². The van der Waals surface area contributed by atoms with Crippen molar-refractivity contribution in [2.24, 2.45) is 17.3 Å². The predicted octanol–water partition coefficient (Wildman–Crippen LogP) is 5.73. The molecule has 4 nitrogen and oxygen atoms in total. The average molecular weight is 428 g/mol. The molecule has 0 heterocycles. The molecule has 0 spiro atoms. The Hall–Kier alpha value is -2.07. The van der Waals surface area contributed by atoms with Crippen LogP contribution in [0.2, 0.25) is 0 Å². The van der Waals surface area contributed by atoms with E-state index in [1.165, 1.54) is 5.56 Å². The molecule has 0 fully saturated rings. The lowest BCUT2D eigenvalue weighted by molar-refractivity contribution is -0.109. The van der Waals surface area contributed by atoms with Gasteiger partial charge in [0.25, 0.3) is 0 Å². The van der Waals surface area contributed by atoms with E-state index in [-0.39, 0.29) is 11.3 Å². The van der Waals surface area contributed by atoms with Crippen LogP contribution >= 0.6 is 0 Å². The summed E-state index contributed by atoms with van der Waals surface area (Å²) in [6.07, 6.45) is 12.2. The van der Waals surface area contributed by atoms with Crippen molar-refractivity contribution >= 4 is 6.29 Å². The van der Waals surface area contributed by atoms with Gasteiger partial charge in [0.05, 0.1) is 13.2 Å². The monoisotopic (exact) mass is 427 g/mol. The SMILES string of the molecule is CCOC1=CC=C[C@@H](CC=O)C1(CCCNCCCc1cccc(OCC)c1)C(C)C. The van der Waals surface area contributed by atoms with Crippen molar-refractivity contribution in [3.63, 3.8) is 0 Å². The molecule has 1 unspecified atom stereocenters. The molecule has 31 heavy (non-hydrogen) atoms. The van der Waals surface area contributed by atoms with Crippen molar-refractivity contribution < 1.29 is 14.3 Å². The molecule has 1 aliphatic carbocycles. The first-order valence-electron chi connectivity index (χ1n) is 12.0. The van der Waals surface area contributed by atoms with Gasteiger partial charge in [-0.25, -0.2) is 0 Å². The molecule has 172 valence electrons. The summed E-state index contributed by atoms with van der Waals surface area (Å²) in [5, 5.41) is 3.61. The summed E-state index contributed by atoms with van der Waals surface area (Å²) in [7, 11) is 0. The van der Waals surface area contributed by atoms with Crippen LogP contribution in [0.3, 0.4) is 0 Å². The summed E-state index contributed by atoms with van der Waals surface area (Å²) >= 11 is 0. The normalized spacial score (nSPS) is 20.5. The third-order valence-electron chi connectivity index (χ3n) is 6.36. The van der Waals surface area contributed by atoms with E-state index in [4.69, 9.17) is 9.47 Å². The van der Waals surface area contributed by atoms with Gasteiger partial charge in [-0.2, -0.15) is 0 Å². The second-order valence-corrected chi connectivity index (χ2v) is 8.59. The minimum atomic E-state index is -0.104. The number of nitrogens with one attached hydrogen (secondary N) is 1. The number of rotatable bonds is 15. The number of carbonyl (C=O) groups excluding carboxylic acids is 1. The fourth-order valence-corrected chi connectivity index (χ4v) is 4.83. The summed E-state index contributed by atoms with van der Waals surface area (Å²) in [6.45, 7) is 11.9. The maximum absolute atomic E-state index is 11.4. The predicted molar refractivity (Wildman–Crippen MR) is 128 cm³/mol. The number of hydrogen-bond donors (Lipinski definition) is 1. The number of hydrogen-bond acceptors (Lipinski definition) is 4. The van der Waals surface area contributed by atoms with Gasteiger partial charge in [-0.05, 0) is 88.2 Å². The Morgan fingerprint density at radius 3 is 2.61 bits per heavy atom. The second-order valence-electron chi connectivity index (χ2n) is 8.59. The Labute approximate surface area is 189 Å². The fraction of sp³-hybridized carbons (Fsp3) is 0.593. The molecule has 1 aliphatic rings. The van der Waals surface area contributed by atoms with Gasteiger partial charge in [0.15, 0.2) is 0 Å². The third kappa shape index (κ3) is 6.96. The third-order valence-corrected chi connectivity index (χ3v) is 6.36. The van der Waals surface area contributed by atoms with Crippen LogP contribution in [0.15, 0.2) is 48.3 Å². The zero-order valence-electron chi connectivity index (χ0n) is 19.9. The zero-order valence-corrected chi connectivity index (χ0v) is 19.9. The lowest BCUT2D eigenvalue weighted by Crippen LogP contribution is -2.40. The van der Waals surface area contributed by atoms with Gasteiger partial charge in [0, 0.05) is 11.8 Å². The summed E-state index contributed by atoms with van der Waals surface area (Å²) in [5.41, 5.74) is 1.22. The topological polar surface area (TPSA) is 47.6 Å². The number of benzene rings is 1. The van der Waals surface area contributed by atoms with Gasteiger partial charge in [-0.15, -0.1) is 0 Å². The lowest BCUT2D eigenvalue weighted by atomic mass is 9.61. The highest BCUT2D eigenvalue weighted by atomic mass is 16.5. The molecule has 2 atom stereocenters. The molecular weight excluding hydrogens is 386 g/mol. The van der Waals surface area contributed by atoms with E-state index < -0.39 is 0 Å². The smallest absolute Gasteiger partial charge is 0.120 e. The Morgan fingerprint density at radius 1 is 1.13 bits per heavy atom. The van der Waals surface area contributed by atoms with Crippen LogP contribution in [0, 0.1) is 17.3 Å². The van der Waals surface area contributed by atoms with E-state index >= 15 is 0 Å². The number of allylic oxidation sites excluding steroid dienone is 4. The van der Waals surface area contributed by atoms with Gasteiger partial charge in [-0.3, -0.25) is 0 Å². The van der Waals surface area contributed by atoms with E-state index in [9.17, 15) is 4.79 Å². The molecule has 1 aromatic carbocycles. The number of carbonyl (C=O) groups is 1. The molecule has 0 aliphatic heterocycles. The standard InChI is InChI=1S/C27H41NO3/c1-5-30-25-14-7-11-23(21-25)12-9-18-28-19-10-17-27(22(3)4)24(16-20-29)13-8-15-26(27)31-6-2/h7-8,11,13-15,20-22,24,28H,5-6,9-10,12,16-19H2,1-4H3/t24-,27?/m0/s1. The van der Waals surface area contributed by atoms with Gasteiger partial charge in [-0.1, -0.05) is 38.1 Å². The average Bonchev–Trinajstić information content (AvgIpc) is 2.75. The minimum Gasteiger partial charge on any atom is -0.498 e. The molecule has 0 saturated carbocycles. The van der Waals surface area contributed by atoms with Crippen molar-refractivity contribution in [3.8, 4) is 5.75 Å². The van der Waals surface area contributed by atoms with Crippen LogP contribution in [0.5, 0.6) is 5.75 Å². The van der Waals surface area contributed by atoms with Crippen LogP contribution in [-0.4, -0.2) is 32.6 Å². The molecule has 0 aromatic heterocycles. The van der Waals surface area contributed by atoms with Gasteiger partial charge < -0.3 is 19.6 Å². The molecule has 2 rings (SSSR count). The highest BCUT2D eigenvalue weighted by Crippen LogP contribution is 2.50. The molecule has 1 aromatic rings. The van der Waals surface area contributed by atoms with Crippen LogP contribution in [0.1, 0.15) is 58.9 Å². The molecule has 1 N–H and O–H groups in total. The van der Waals surface area contributed by atoms with Crippen molar-refractivity contribution in [1.82, 2.24) is 5.32 Å². The Bertz CT molecular complexity index is 725. The Balaban J connectivity index is 1.84. The van der Waals surface area contributed by atoms with Crippen LogP contribution in [-0.2, 0) is 16.0 Å². The van der Waals surface area contributed by atoms with Gasteiger partial charge in [0.1, 0.15) is 17.8 Å². The van der Waals surface area contributed by atoms with Crippen molar-refractivity contribution in [2.45, 2.75) is 59.8 Å². The first-order valence-corrected chi connectivity index (χ1v) is 12.0. The summed E-state index contributed by atoms with van der Waals surface area (Å²) in [4.78, 5) is 11.4. The molecule has 0 bridgehead atoms. The summed E-state index contributed by atoms with van der Waals surface area (Å²) < 4.78 is 11.7. The maximum Gasteiger partial charge on any atom is 0.120 e. The van der Waals surface area contributed by atoms with Crippen molar-refractivity contribution in [1.29, 1.82) is 0 Å². The highest BCUT2D eigenvalue weighted by molar-refractivity contribution is 5.51. The van der Waals surface area contributed by atoms with Crippen LogP contribution in [0.25, 0.3) is 0 Å². The van der Waals surface area contributed by atoms with Crippen molar-refractivity contribution in [3.05, 3.63) is 53.8 Å². The highest BCUT2D eigenvalue weighted by Gasteiger charge is 2.45. The fourth-order valence-electron chi connectivity index (χ4n) is 4.83. The Morgan fingerprint density at radius 2 is 1.90 bits per heavy atom. The first-order chi connectivity index (χ1) is 15.1. The molecule has 0 radical (unpaired) electrons. The lowest BCUT2D eigenvalue weighted by Gasteiger charge is -2.45. The number of aryl methyl sites for hydroxylation is 1.